The minimum atomic E-state index is -0.599. The lowest BCUT2D eigenvalue weighted by molar-refractivity contribution is -0.121. The first kappa shape index (κ1) is 19.5. The van der Waals surface area contributed by atoms with E-state index in [0.717, 1.165) is 5.56 Å². The van der Waals surface area contributed by atoms with E-state index in [9.17, 15) is 14.0 Å². The Labute approximate surface area is 163 Å². The van der Waals surface area contributed by atoms with Crippen molar-refractivity contribution < 1.29 is 14.0 Å². The molecule has 0 aliphatic heterocycles. The van der Waals surface area contributed by atoms with E-state index in [1.807, 2.05) is 26.1 Å². The maximum atomic E-state index is 13.7. The van der Waals surface area contributed by atoms with E-state index >= 15 is 0 Å². The number of Topliss-reactive ketones (excluding diaryl/α,β-unsaturated/α-hetero) is 1. The Balaban J connectivity index is 1.70. The van der Waals surface area contributed by atoms with Gasteiger partial charge < -0.3 is 9.88 Å². The molecule has 0 saturated heterocycles. The number of hydrogen-bond donors (Lipinski definition) is 1. The first-order valence-electron chi connectivity index (χ1n) is 9.06. The average molecular weight is 379 g/mol. The summed E-state index contributed by atoms with van der Waals surface area (Å²) in [6, 6.07) is 12.7. The monoisotopic (exact) mass is 379 g/mol. The molecule has 1 aromatic heterocycles. The summed E-state index contributed by atoms with van der Waals surface area (Å²) in [6.45, 7) is 1.95. The number of ketones is 1. The molecular weight excluding hydrogens is 357 g/mol. The quantitative estimate of drug-likeness (QED) is 0.636. The molecule has 6 heteroatoms. The van der Waals surface area contributed by atoms with Gasteiger partial charge in [0.1, 0.15) is 17.7 Å². The summed E-state index contributed by atoms with van der Waals surface area (Å²) in [5.41, 5.74) is 2.25. The van der Waals surface area contributed by atoms with Crippen LogP contribution in [0.1, 0.15) is 46.2 Å². The van der Waals surface area contributed by atoms with E-state index in [4.69, 9.17) is 0 Å². The van der Waals surface area contributed by atoms with Crippen LogP contribution < -0.4 is 5.32 Å². The topological polar surface area (TPSA) is 64.0 Å². The number of benzene rings is 2. The minimum Gasteiger partial charge on any atom is -0.342 e. The number of rotatable bonds is 7. The van der Waals surface area contributed by atoms with Crippen LogP contribution in [0.15, 0.2) is 60.9 Å². The highest BCUT2D eigenvalue weighted by Crippen LogP contribution is 2.21. The average Bonchev–Trinajstić information content (AvgIpc) is 3.10. The smallest absolute Gasteiger partial charge is 0.221 e. The molecule has 0 unspecified atom stereocenters. The number of nitrogens with one attached hydrogen (secondary N) is 1. The number of halogens is 1. The molecule has 5 nitrogen and oxygen atoms in total. The zero-order valence-corrected chi connectivity index (χ0v) is 15.9. The van der Waals surface area contributed by atoms with Crippen molar-refractivity contribution in [1.29, 1.82) is 0 Å². The van der Waals surface area contributed by atoms with E-state index in [-0.39, 0.29) is 30.3 Å². The minimum absolute atomic E-state index is 0.0446. The predicted molar refractivity (Wildman–Crippen MR) is 104 cm³/mol. The molecule has 28 heavy (non-hydrogen) atoms. The van der Waals surface area contributed by atoms with Crippen LogP contribution in [0.3, 0.4) is 0 Å². The molecule has 144 valence electrons. The Morgan fingerprint density at radius 1 is 1.14 bits per heavy atom. The highest BCUT2D eigenvalue weighted by atomic mass is 19.1. The molecule has 1 heterocycles. The molecule has 1 amide bonds. The molecule has 0 aliphatic rings. The molecule has 0 aliphatic carbocycles. The zero-order chi connectivity index (χ0) is 20.1. The number of amides is 1. The summed E-state index contributed by atoms with van der Waals surface area (Å²) in [4.78, 5) is 29.1. The molecule has 0 radical (unpaired) electrons. The molecule has 1 atom stereocenters. The standard InChI is InChI=1S/C22H22FN3O2/c1-15-6-8-16(9-7-15)19(27)10-11-20(28)25-21(22-24-12-13-26(22)2)17-4-3-5-18(23)14-17/h3-9,12-14,21H,10-11H2,1-2H3,(H,25,28)/t21-/m0/s1. The van der Waals surface area contributed by atoms with Gasteiger partial charge in [0.05, 0.1) is 0 Å². The van der Waals surface area contributed by atoms with Crippen molar-refractivity contribution in [3.05, 3.63) is 89.3 Å². The van der Waals surface area contributed by atoms with Gasteiger partial charge in [0.2, 0.25) is 5.91 Å². The highest BCUT2D eigenvalue weighted by molar-refractivity contribution is 5.98. The number of aromatic nitrogens is 2. The Bertz CT molecular complexity index is 979. The van der Waals surface area contributed by atoms with Crippen molar-refractivity contribution in [2.75, 3.05) is 0 Å². The summed E-state index contributed by atoms with van der Waals surface area (Å²) >= 11 is 0. The third kappa shape index (κ3) is 4.71. The van der Waals surface area contributed by atoms with Gasteiger partial charge in [0, 0.05) is 37.8 Å². The van der Waals surface area contributed by atoms with Crippen LogP contribution in [-0.2, 0) is 11.8 Å². The molecule has 1 N–H and O–H groups in total. The van der Waals surface area contributed by atoms with Crippen LogP contribution in [0, 0.1) is 12.7 Å². The van der Waals surface area contributed by atoms with E-state index in [1.165, 1.54) is 12.1 Å². The number of nitrogens with zero attached hydrogens (tertiary/aromatic N) is 2. The van der Waals surface area contributed by atoms with Gasteiger partial charge in [-0.25, -0.2) is 9.37 Å². The second-order valence-electron chi connectivity index (χ2n) is 6.74. The molecule has 3 aromatic rings. The largest absolute Gasteiger partial charge is 0.342 e. The van der Waals surface area contributed by atoms with Gasteiger partial charge in [-0.05, 0) is 24.6 Å². The molecule has 0 bridgehead atoms. The fourth-order valence-electron chi connectivity index (χ4n) is 2.98. The SMILES string of the molecule is Cc1ccc(C(=O)CCC(=O)N[C@@H](c2cccc(F)c2)c2nccn2C)cc1. The Kier molecular flexibility index (Phi) is 5.99. The van der Waals surface area contributed by atoms with Gasteiger partial charge in [0.25, 0.3) is 0 Å². The zero-order valence-electron chi connectivity index (χ0n) is 15.9. The van der Waals surface area contributed by atoms with Crippen LogP contribution in [0.4, 0.5) is 4.39 Å². The lowest BCUT2D eigenvalue weighted by Crippen LogP contribution is -2.31. The Morgan fingerprint density at radius 2 is 1.89 bits per heavy atom. The summed E-state index contributed by atoms with van der Waals surface area (Å²) in [5.74, 6) is -0.184. The van der Waals surface area contributed by atoms with Crippen molar-refractivity contribution in [2.24, 2.45) is 7.05 Å². The molecule has 2 aromatic carbocycles. The number of aryl methyl sites for hydroxylation is 2. The maximum Gasteiger partial charge on any atom is 0.221 e. The van der Waals surface area contributed by atoms with E-state index in [0.29, 0.717) is 17.0 Å². The third-order valence-electron chi connectivity index (χ3n) is 4.56. The van der Waals surface area contributed by atoms with Crippen molar-refractivity contribution in [3.63, 3.8) is 0 Å². The fourth-order valence-corrected chi connectivity index (χ4v) is 2.98. The van der Waals surface area contributed by atoms with Crippen LogP contribution in [-0.4, -0.2) is 21.2 Å². The number of imidazole rings is 1. The first-order valence-corrected chi connectivity index (χ1v) is 9.06. The number of hydrogen-bond acceptors (Lipinski definition) is 3. The van der Waals surface area contributed by atoms with Crippen LogP contribution in [0.25, 0.3) is 0 Å². The van der Waals surface area contributed by atoms with Gasteiger partial charge in [-0.2, -0.15) is 0 Å². The van der Waals surface area contributed by atoms with Crippen molar-refractivity contribution in [3.8, 4) is 0 Å². The van der Waals surface area contributed by atoms with Crippen LogP contribution >= 0.6 is 0 Å². The maximum absolute atomic E-state index is 13.7. The normalized spacial score (nSPS) is 11.8. The van der Waals surface area contributed by atoms with Crippen molar-refractivity contribution >= 4 is 11.7 Å². The third-order valence-corrected chi connectivity index (χ3v) is 4.56. The van der Waals surface area contributed by atoms with Gasteiger partial charge in [0.15, 0.2) is 5.78 Å². The van der Waals surface area contributed by atoms with Gasteiger partial charge in [-0.15, -0.1) is 0 Å². The summed E-state index contributed by atoms with van der Waals surface area (Å²) in [6.07, 6.45) is 3.53. The van der Waals surface area contributed by atoms with Crippen molar-refractivity contribution in [1.82, 2.24) is 14.9 Å². The molecule has 0 spiro atoms. The summed E-state index contributed by atoms with van der Waals surface area (Å²) in [7, 11) is 1.81. The van der Waals surface area contributed by atoms with Gasteiger partial charge >= 0.3 is 0 Å². The Hall–Kier alpha value is -3.28. The van der Waals surface area contributed by atoms with E-state index in [2.05, 4.69) is 10.3 Å². The predicted octanol–water partition coefficient (Wildman–Crippen LogP) is 3.74. The van der Waals surface area contributed by atoms with Gasteiger partial charge in [-0.3, -0.25) is 9.59 Å². The van der Waals surface area contributed by atoms with E-state index in [1.54, 1.807) is 41.2 Å². The summed E-state index contributed by atoms with van der Waals surface area (Å²) < 4.78 is 15.5. The second-order valence-corrected chi connectivity index (χ2v) is 6.74. The number of carbonyl (C=O) groups excluding carboxylic acids is 2. The van der Waals surface area contributed by atoms with Crippen LogP contribution in [0.2, 0.25) is 0 Å². The van der Waals surface area contributed by atoms with Crippen LogP contribution in [0.5, 0.6) is 0 Å². The number of carbonyl (C=O) groups is 2. The van der Waals surface area contributed by atoms with Gasteiger partial charge in [-0.1, -0.05) is 42.0 Å². The van der Waals surface area contributed by atoms with Crippen molar-refractivity contribution in [2.45, 2.75) is 25.8 Å². The second kappa shape index (κ2) is 8.61. The highest BCUT2D eigenvalue weighted by Gasteiger charge is 2.21. The summed E-state index contributed by atoms with van der Waals surface area (Å²) in [5, 5.41) is 2.88. The molecular formula is C22H22FN3O2. The van der Waals surface area contributed by atoms with E-state index < -0.39 is 6.04 Å². The molecule has 3 rings (SSSR count). The lowest BCUT2D eigenvalue weighted by Gasteiger charge is -2.19. The Morgan fingerprint density at radius 3 is 2.54 bits per heavy atom. The lowest BCUT2D eigenvalue weighted by atomic mass is 10.0. The molecule has 0 fully saturated rings. The first-order chi connectivity index (χ1) is 13.4. The fraction of sp³-hybridized carbons (Fsp3) is 0.227. The molecule has 0 saturated carbocycles.